The maximum atomic E-state index is 12.7. The Morgan fingerprint density at radius 2 is 1.97 bits per heavy atom. The number of aromatic nitrogens is 3. The minimum absolute atomic E-state index is 0.0185. The van der Waals surface area contributed by atoms with Crippen LogP contribution in [-0.2, 0) is 9.53 Å². The molecule has 1 atom stereocenters. The fourth-order valence-corrected chi connectivity index (χ4v) is 5.14. The molecule has 2 aromatic rings. The molecular formula is C28H35N7O4. The molecule has 2 aliphatic carbocycles. The Hall–Kier alpha value is -3.78. The molecule has 2 aromatic heterocycles. The monoisotopic (exact) mass is 533 g/mol. The summed E-state index contributed by atoms with van der Waals surface area (Å²) in [6, 6.07) is 5.92. The third-order valence-electron chi connectivity index (χ3n) is 7.22. The number of hydrogen-bond acceptors (Lipinski definition) is 9. The molecule has 1 unspecified atom stereocenters. The Labute approximate surface area is 228 Å². The van der Waals surface area contributed by atoms with Crippen molar-refractivity contribution in [3.05, 3.63) is 29.6 Å². The topological polar surface area (TPSA) is 145 Å². The third-order valence-corrected chi connectivity index (χ3v) is 7.22. The van der Waals surface area contributed by atoms with E-state index in [4.69, 9.17) is 9.72 Å². The first-order valence-corrected chi connectivity index (χ1v) is 13.6. The summed E-state index contributed by atoms with van der Waals surface area (Å²) in [7, 11) is 0. The molecule has 2 amide bonds. The Morgan fingerprint density at radius 1 is 1.21 bits per heavy atom. The first kappa shape index (κ1) is 26.8. The Bertz CT molecular complexity index is 1290. The van der Waals surface area contributed by atoms with Crippen LogP contribution in [0.3, 0.4) is 0 Å². The van der Waals surface area contributed by atoms with E-state index in [1.165, 1.54) is 6.20 Å². The number of carbonyl (C=O) groups excluding carboxylic acids is 2. The number of pyridine rings is 1. The van der Waals surface area contributed by atoms with Gasteiger partial charge >= 0.3 is 6.09 Å². The molecule has 39 heavy (non-hydrogen) atoms. The summed E-state index contributed by atoms with van der Waals surface area (Å²) < 4.78 is 5.35. The number of rotatable bonds is 7. The quantitative estimate of drug-likeness (QED) is 0.547. The van der Waals surface area contributed by atoms with Crippen LogP contribution in [0.5, 0.6) is 0 Å². The van der Waals surface area contributed by atoms with Crippen molar-refractivity contribution in [3.8, 4) is 17.3 Å². The molecule has 0 bridgehead atoms. The highest BCUT2D eigenvalue weighted by Gasteiger charge is 2.41. The number of aliphatic hydroxyl groups is 1. The van der Waals surface area contributed by atoms with Crippen LogP contribution in [0.1, 0.15) is 70.1 Å². The van der Waals surface area contributed by atoms with E-state index in [1.54, 1.807) is 26.8 Å². The first-order chi connectivity index (χ1) is 18.7. The van der Waals surface area contributed by atoms with Gasteiger partial charge in [-0.25, -0.2) is 9.78 Å². The molecule has 206 valence electrons. The number of nitriles is 1. The largest absolute Gasteiger partial charge is 0.444 e. The van der Waals surface area contributed by atoms with Gasteiger partial charge in [0.2, 0.25) is 5.91 Å². The van der Waals surface area contributed by atoms with Crippen molar-refractivity contribution < 1.29 is 19.4 Å². The summed E-state index contributed by atoms with van der Waals surface area (Å²) in [4.78, 5) is 34.0. The minimum Gasteiger partial charge on any atom is -0.444 e. The number of piperazine rings is 1. The molecule has 1 saturated heterocycles. The molecule has 0 radical (unpaired) electrons. The van der Waals surface area contributed by atoms with Crippen LogP contribution in [0.25, 0.3) is 11.3 Å². The van der Waals surface area contributed by atoms with Gasteiger partial charge in [0.05, 0.1) is 41.5 Å². The van der Waals surface area contributed by atoms with E-state index in [0.717, 1.165) is 36.9 Å². The molecule has 3 heterocycles. The lowest BCUT2D eigenvalue weighted by Gasteiger charge is -2.42. The summed E-state index contributed by atoms with van der Waals surface area (Å²) in [5, 5.41) is 30.5. The zero-order valence-electron chi connectivity index (χ0n) is 22.7. The second kappa shape index (κ2) is 10.8. The van der Waals surface area contributed by atoms with Crippen molar-refractivity contribution in [3.63, 3.8) is 0 Å². The van der Waals surface area contributed by atoms with Crippen LogP contribution >= 0.6 is 0 Å². The maximum Gasteiger partial charge on any atom is 0.412 e. The molecule has 0 spiro atoms. The van der Waals surface area contributed by atoms with E-state index in [2.05, 4.69) is 26.5 Å². The smallest absolute Gasteiger partial charge is 0.412 e. The van der Waals surface area contributed by atoms with Crippen molar-refractivity contribution in [2.75, 3.05) is 36.5 Å². The lowest BCUT2D eigenvalue weighted by molar-refractivity contribution is -0.135. The van der Waals surface area contributed by atoms with Gasteiger partial charge < -0.3 is 19.6 Å². The van der Waals surface area contributed by atoms with Gasteiger partial charge in [-0.3, -0.25) is 10.1 Å². The molecule has 3 aliphatic rings. The molecule has 2 N–H and O–H groups in total. The molecule has 2 saturated carbocycles. The summed E-state index contributed by atoms with van der Waals surface area (Å²) >= 11 is 0. The van der Waals surface area contributed by atoms with Gasteiger partial charge in [-0.2, -0.15) is 15.5 Å². The second-order valence-corrected chi connectivity index (χ2v) is 11.5. The average Bonchev–Trinajstić information content (AvgIpc) is 3.80. The highest BCUT2D eigenvalue weighted by atomic mass is 16.6. The highest BCUT2D eigenvalue weighted by molar-refractivity contribution is 5.85. The SMILES string of the molecule is CC(C)(C)OC(=O)Nc1cnnc(-c2cc(C#N)c(N3CCN(C(=O)CCO)C(C4CC4)C3)nc2C2CC2)c1. The molecule has 11 heteroatoms. The number of anilines is 2. The van der Waals surface area contributed by atoms with Gasteiger partial charge in [0.1, 0.15) is 17.5 Å². The summed E-state index contributed by atoms with van der Waals surface area (Å²) in [5.41, 5.74) is 2.37. The van der Waals surface area contributed by atoms with Crippen molar-refractivity contribution in [1.29, 1.82) is 5.26 Å². The number of amides is 2. The van der Waals surface area contributed by atoms with Crippen molar-refractivity contribution in [1.82, 2.24) is 20.1 Å². The van der Waals surface area contributed by atoms with E-state index < -0.39 is 11.7 Å². The fraction of sp³-hybridized carbons (Fsp3) is 0.571. The lowest BCUT2D eigenvalue weighted by Crippen LogP contribution is -2.56. The minimum atomic E-state index is -0.635. The van der Waals surface area contributed by atoms with Gasteiger partial charge in [-0.1, -0.05) is 0 Å². The van der Waals surface area contributed by atoms with Gasteiger partial charge in [0.25, 0.3) is 0 Å². The summed E-state index contributed by atoms with van der Waals surface area (Å²) in [6.45, 7) is 6.95. The highest BCUT2D eigenvalue weighted by Crippen LogP contribution is 2.45. The van der Waals surface area contributed by atoms with Crippen molar-refractivity contribution in [2.45, 2.75) is 70.4 Å². The van der Waals surface area contributed by atoms with Gasteiger partial charge in [-0.15, -0.1) is 0 Å². The number of aliphatic hydroxyl groups excluding tert-OH is 1. The number of nitrogens with zero attached hydrogens (tertiary/aromatic N) is 6. The molecule has 5 rings (SSSR count). The Balaban J connectivity index is 1.43. The second-order valence-electron chi connectivity index (χ2n) is 11.5. The Kier molecular flexibility index (Phi) is 7.40. The van der Waals surface area contributed by atoms with Crippen LogP contribution < -0.4 is 10.2 Å². The van der Waals surface area contributed by atoms with Crippen molar-refractivity contribution in [2.24, 2.45) is 5.92 Å². The van der Waals surface area contributed by atoms with E-state index in [9.17, 15) is 20.0 Å². The number of nitrogens with one attached hydrogen (secondary N) is 1. The summed E-state index contributed by atoms with van der Waals surface area (Å²) in [5.74, 6) is 1.33. The molecule has 3 fully saturated rings. The molecule has 11 nitrogen and oxygen atoms in total. The standard InChI is InChI=1S/C28H35N7O4/c1-28(2,3)39-27(38)31-20-13-22(33-30-15-20)21-12-19(14-29)26(32-25(21)18-6-7-18)34-9-10-35(24(37)8-11-36)23(16-34)17-4-5-17/h12-13,15,17-18,23,36H,4-11,16H2,1-3H3,(H,31,33,38). The molecule has 1 aliphatic heterocycles. The van der Waals surface area contributed by atoms with E-state index in [1.807, 2.05) is 11.0 Å². The maximum absolute atomic E-state index is 12.7. The van der Waals surface area contributed by atoms with Gasteiger partial charge in [-0.05, 0) is 64.5 Å². The van der Waals surface area contributed by atoms with Gasteiger partial charge in [0.15, 0.2) is 0 Å². The van der Waals surface area contributed by atoms with Crippen LogP contribution in [0.15, 0.2) is 18.3 Å². The fourth-order valence-electron chi connectivity index (χ4n) is 5.14. The lowest BCUT2D eigenvalue weighted by atomic mass is 10.0. The van der Waals surface area contributed by atoms with Crippen LogP contribution in [0.4, 0.5) is 16.3 Å². The van der Waals surface area contributed by atoms with Gasteiger partial charge in [0, 0.05) is 37.5 Å². The summed E-state index contributed by atoms with van der Waals surface area (Å²) in [6.07, 6.45) is 5.17. The van der Waals surface area contributed by atoms with Crippen LogP contribution in [-0.4, -0.2) is 75.1 Å². The third kappa shape index (κ3) is 6.28. The molecule has 0 aromatic carbocycles. The van der Waals surface area contributed by atoms with Crippen LogP contribution in [0, 0.1) is 17.2 Å². The normalized spacial score (nSPS) is 19.4. The van der Waals surface area contributed by atoms with Crippen LogP contribution in [0.2, 0.25) is 0 Å². The van der Waals surface area contributed by atoms with E-state index in [0.29, 0.717) is 48.3 Å². The molecular weight excluding hydrogens is 498 g/mol. The van der Waals surface area contributed by atoms with E-state index >= 15 is 0 Å². The van der Waals surface area contributed by atoms with E-state index in [-0.39, 0.29) is 30.9 Å². The number of hydrogen-bond donors (Lipinski definition) is 2. The average molecular weight is 534 g/mol. The predicted molar refractivity (Wildman–Crippen MR) is 144 cm³/mol. The van der Waals surface area contributed by atoms with Crippen molar-refractivity contribution >= 4 is 23.5 Å². The number of ether oxygens (including phenoxy) is 1. The first-order valence-electron chi connectivity index (χ1n) is 13.6. The predicted octanol–water partition coefficient (Wildman–Crippen LogP) is 3.44. The Morgan fingerprint density at radius 3 is 2.62 bits per heavy atom. The zero-order chi connectivity index (χ0) is 27.7. The number of carbonyl (C=O) groups is 2. The zero-order valence-corrected chi connectivity index (χ0v) is 22.7.